The first-order valence-electron chi connectivity index (χ1n) is 7.32. The smallest absolute Gasteiger partial charge is 0.179 e. The molecule has 0 saturated heterocycles. The largest absolute Gasteiger partial charge is 0.347 e. The maximum absolute atomic E-state index is 12.5. The Hall–Kier alpha value is -1.61. The van der Waals surface area contributed by atoms with Crippen molar-refractivity contribution < 1.29 is 4.79 Å². The number of rotatable bonds is 4. The van der Waals surface area contributed by atoms with Crippen LogP contribution in [0.2, 0.25) is 0 Å². The number of hydrogen-bond acceptors (Lipinski definition) is 2. The van der Waals surface area contributed by atoms with Crippen molar-refractivity contribution >= 4 is 16.7 Å². The van der Waals surface area contributed by atoms with Crippen LogP contribution in [0.5, 0.6) is 0 Å². The summed E-state index contributed by atoms with van der Waals surface area (Å²) in [4.78, 5) is 12.5. The lowest BCUT2D eigenvalue weighted by molar-refractivity contribution is 0.0991. The summed E-state index contributed by atoms with van der Waals surface area (Å²) in [6.45, 7) is 6.75. The topological polar surface area (TPSA) is 34.0 Å². The van der Waals surface area contributed by atoms with Crippen LogP contribution < -0.4 is 5.32 Å². The van der Waals surface area contributed by atoms with Gasteiger partial charge in [0, 0.05) is 29.7 Å². The molecule has 3 heteroatoms. The fraction of sp³-hybridized carbons (Fsp3) is 0.471. The number of hydrogen-bond donors (Lipinski definition) is 1. The highest BCUT2D eigenvalue weighted by molar-refractivity contribution is 6.11. The number of carbonyl (C=O) groups excluding carboxylic acids is 1. The van der Waals surface area contributed by atoms with Crippen molar-refractivity contribution in [3.8, 4) is 0 Å². The standard InChI is InChI=1S/C17H22N2O/c1-10-5-8-14-16(15(20)9-18-13-6-7-13)12(3)19(4)17(14)11(10)2/h5,8,13,18H,6-7,9H2,1-4H3. The Balaban J connectivity index is 2.07. The van der Waals surface area contributed by atoms with Crippen LogP contribution >= 0.6 is 0 Å². The Bertz CT molecular complexity index is 693. The first kappa shape index (κ1) is 13.4. The zero-order valence-corrected chi connectivity index (χ0v) is 12.7. The Morgan fingerprint density at radius 2 is 2.00 bits per heavy atom. The van der Waals surface area contributed by atoms with Gasteiger partial charge in [0.25, 0.3) is 0 Å². The number of aryl methyl sites for hydroxylation is 3. The molecule has 1 saturated carbocycles. The number of nitrogens with zero attached hydrogens (tertiary/aromatic N) is 1. The lowest BCUT2D eigenvalue weighted by Crippen LogP contribution is -2.25. The van der Waals surface area contributed by atoms with Gasteiger partial charge in [-0.3, -0.25) is 4.79 Å². The molecule has 1 fully saturated rings. The number of aromatic nitrogens is 1. The summed E-state index contributed by atoms with van der Waals surface area (Å²) < 4.78 is 2.15. The van der Waals surface area contributed by atoms with Gasteiger partial charge < -0.3 is 9.88 Å². The third-order valence-corrected chi connectivity index (χ3v) is 4.58. The minimum absolute atomic E-state index is 0.211. The number of Topliss-reactive ketones (excluding diaryl/α,β-unsaturated/α-hetero) is 1. The predicted molar refractivity (Wildman–Crippen MR) is 82.5 cm³/mol. The molecule has 1 N–H and O–H groups in total. The van der Waals surface area contributed by atoms with E-state index in [1.807, 2.05) is 6.92 Å². The molecule has 0 bridgehead atoms. The molecule has 3 rings (SSSR count). The summed E-state index contributed by atoms with van der Waals surface area (Å²) in [5, 5.41) is 4.42. The van der Waals surface area contributed by atoms with E-state index in [4.69, 9.17) is 0 Å². The van der Waals surface area contributed by atoms with Crippen molar-refractivity contribution in [2.24, 2.45) is 7.05 Å². The predicted octanol–water partition coefficient (Wildman–Crippen LogP) is 3.04. The molecule has 1 aliphatic rings. The summed E-state index contributed by atoms with van der Waals surface area (Å²) in [5.74, 6) is 0.211. The van der Waals surface area contributed by atoms with Crippen molar-refractivity contribution in [2.75, 3.05) is 6.54 Å². The molecule has 2 aromatic rings. The fourth-order valence-electron chi connectivity index (χ4n) is 2.93. The summed E-state index contributed by atoms with van der Waals surface area (Å²) in [6, 6.07) is 4.77. The number of fused-ring (bicyclic) bond motifs is 1. The number of carbonyl (C=O) groups is 1. The molecule has 1 heterocycles. The number of nitrogens with one attached hydrogen (secondary N) is 1. The van der Waals surface area contributed by atoms with E-state index in [0.717, 1.165) is 16.6 Å². The maximum atomic E-state index is 12.5. The van der Waals surface area contributed by atoms with Gasteiger partial charge in [0.1, 0.15) is 0 Å². The zero-order chi connectivity index (χ0) is 14.4. The van der Waals surface area contributed by atoms with E-state index in [2.05, 4.69) is 42.9 Å². The van der Waals surface area contributed by atoms with Crippen LogP contribution in [0, 0.1) is 20.8 Å². The van der Waals surface area contributed by atoms with E-state index >= 15 is 0 Å². The molecule has 3 nitrogen and oxygen atoms in total. The van der Waals surface area contributed by atoms with Gasteiger partial charge in [-0.1, -0.05) is 12.1 Å². The highest BCUT2D eigenvalue weighted by Gasteiger charge is 2.24. The van der Waals surface area contributed by atoms with Gasteiger partial charge in [0.05, 0.1) is 12.1 Å². The molecule has 0 spiro atoms. The van der Waals surface area contributed by atoms with Gasteiger partial charge in [-0.15, -0.1) is 0 Å². The SMILES string of the molecule is Cc1ccc2c(C(=O)CNC3CC3)c(C)n(C)c2c1C. The van der Waals surface area contributed by atoms with Gasteiger partial charge in [-0.25, -0.2) is 0 Å². The fourth-order valence-corrected chi connectivity index (χ4v) is 2.93. The molecule has 20 heavy (non-hydrogen) atoms. The van der Waals surface area contributed by atoms with E-state index < -0.39 is 0 Å². The summed E-state index contributed by atoms with van der Waals surface area (Å²) in [6.07, 6.45) is 2.42. The Morgan fingerprint density at radius 1 is 1.30 bits per heavy atom. The first-order valence-corrected chi connectivity index (χ1v) is 7.32. The molecule has 0 radical (unpaired) electrons. The van der Waals surface area contributed by atoms with Crippen LogP contribution in [0.1, 0.15) is 40.0 Å². The first-order chi connectivity index (χ1) is 9.50. The second kappa shape index (κ2) is 4.74. The normalized spacial score (nSPS) is 15.0. The average Bonchev–Trinajstić information content (AvgIpc) is 3.20. The van der Waals surface area contributed by atoms with Gasteiger partial charge in [0.15, 0.2) is 5.78 Å². The molecule has 0 aliphatic heterocycles. The quantitative estimate of drug-likeness (QED) is 0.866. The van der Waals surface area contributed by atoms with Crippen LogP contribution in [0.3, 0.4) is 0 Å². The van der Waals surface area contributed by atoms with Crippen LogP contribution in [-0.4, -0.2) is 22.9 Å². The van der Waals surface area contributed by atoms with Gasteiger partial charge in [0.2, 0.25) is 0 Å². The second-order valence-corrected chi connectivity index (χ2v) is 6.00. The van der Waals surface area contributed by atoms with Gasteiger partial charge in [-0.05, 0) is 44.7 Å². The molecular weight excluding hydrogens is 248 g/mol. The van der Waals surface area contributed by atoms with Crippen LogP contribution in [0.15, 0.2) is 12.1 Å². The van der Waals surface area contributed by atoms with Crippen LogP contribution in [-0.2, 0) is 7.05 Å². The van der Waals surface area contributed by atoms with E-state index in [1.165, 1.54) is 29.5 Å². The molecule has 1 aliphatic carbocycles. The van der Waals surface area contributed by atoms with E-state index in [0.29, 0.717) is 12.6 Å². The van der Waals surface area contributed by atoms with E-state index in [-0.39, 0.29) is 5.78 Å². The van der Waals surface area contributed by atoms with Crippen molar-refractivity contribution in [1.82, 2.24) is 9.88 Å². The summed E-state index contributed by atoms with van der Waals surface area (Å²) in [7, 11) is 2.05. The molecule has 106 valence electrons. The molecule has 0 atom stereocenters. The zero-order valence-electron chi connectivity index (χ0n) is 12.7. The lowest BCUT2D eigenvalue weighted by Gasteiger charge is -2.05. The van der Waals surface area contributed by atoms with Crippen LogP contribution in [0.4, 0.5) is 0 Å². The maximum Gasteiger partial charge on any atom is 0.179 e. The Morgan fingerprint density at radius 3 is 2.65 bits per heavy atom. The van der Waals surface area contributed by atoms with E-state index in [9.17, 15) is 4.79 Å². The van der Waals surface area contributed by atoms with Crippen LogP contribution in [0.25, 0.3) is 10.9 Å². The second-order valence-electron chi connectivity index (χ2n) is 6.00. The highest BCUT2D eigenvalue weighted by Crippen LogP contribution is 2.29. The minimum atomic E-state index is 0.211. The Kier molecular flexibility index (Phi) is 3.17. The molecular formula is C17H22N2O. The third kappa shape index (κ3) is 2.06. The van der Waals surface area contributed by atoms with Crippen molar-refractivity contribution in [3.05, 3.63) is 34.5 Å². The summed E-state index contributed by atoms with van der Waals surface area (Å²) in [5.41, 5.74) is 5.68. The molecule has 0 unspecified atom stereocenters. The molecule has 0 amide bonds. The van der Waals surface area contributed by atoms with E-state index in [1.54, 1.807) is 0 Å². The van der Waals surface area contributed by atoms with Gasteiger partial charge in [-0.2, -0.15) is 0 Å². The number of benzene rings is 1. The van der Waals surface area contributed by atoms with Gasteiger partial charge >= 0.3 is 0 Å². The van der Waals surface area contributed by atoms with Crippen molar-refractivity contribution in [3.63, 3.8) is 0 Å². The van der Waals surface area contributed by atoms with Crippen molar-refractivity contribution in [1.29, 1.82) is 0 Å². The lowest BCUT2D eigenvalue weighted by atomic mass is 10.0. The minimum Gasteiger partial charge on any atom is -0.347 e. The molecule has 1 aromatic carbocycles. The average molecular weight is 270 g/mol. The highest BCUT2D eigenvalue weighted by atomic mass is 16.1. The summed E-state index contributed by atoms with van der Waals surface area (Å²) >= 11 is 0. The van der Waals surface area contributed by atoms with Crippen molar-refractivity contribution in [2.45, 2.75) is 39.7 Å². The Labute approximate surface area is 120 Å². The number of ketones is 1. The monoisotopic (exact) mass is 270 g/mol. The molecule has 1 aromatic heterocycles. The third-order valence-electron chi connectivity index (χ3n) is 4.58.